The highest BCUT2D eigenvalue weighted by molar-refractivity contribution is 5.45. The van der Waals surface area contributed by atoms with Crippen molar-refractivity contribution in [1.29, 1.82) is 0 Å². The maximum absolute atomic E-state index is 13.4. The molecule has 0 aromatic heterocycles. The van der Waals surface area contributed by atoms with Gasteiger partial charge in [0.15, 0.2) is 0 Å². The maximum Gasteiger partial charge on any atom is 0.146 e. The van der Waals surface area contributed by atoms with E-state index in [2.05, 4.69) is 5.32 Å². The predicted molar refractivity (Wildman–Crippen MR) is 61.5 cm³/mol. The van der Waals surface area contributed by atoms with E-state index in [-0.39, 0.29) is 5.82 Å². The summed E-state index contributed by atoms with van der Waals surface area (Å²) in [4.78, 5) is 0. The first kappa shape index (κ1) is 11.4. The van der Waals surface area contributed by atoms with E-state index < -0.39 is 5.82 Å². The Labute approximate surface area is 94.9 Å². The molecule has 0 atom stereocenters. The van der Waals surface area contributed by atoms with Crippen LogP contribution in [0.1, 0.15) is 38.5 Å². The second-order valence-electron chi connectivity index (χ2n) is 4.46. The second-order valence-corrected chi connectivity index (χ2v) is 4.46. The first-order valence-corrected chi connectivity index (χ1v) is 5.97. The van der Waals surface area contributed by atoms with Crippen molar-refractivity contribution in [3.63, 3.8) is 0 Å². The molecule has 0 unspecified atom stereocenters. The highest BCUT2D eigenvalue weighted by Gasteiger charge is 2.13. The highest BCUT2D eigenvalue weighted by atomic mass is 19.1. The second kappa shape index (κ2) is 5.28. The van der Waals surface area contributed by atoms with Crippen LogP contribution in [0.4, 0.5) is 14.5 Å². The van der Waals surface area contributed by atoms with Gasteiger partial charge in [0.2, 0.25) is 0 Å². The molecule has 0 amide bonds. The van der Waals surface area contributed by atoms with Gasteiger partial charge in [-0.25, -0.2) is 8.78 Å². The van der Waals surface area contributed by atoms with Crippen LogP contribution in [0.5, 0.6) is 0 Å². The number of benzene rings is 1. The van der Waals surface area contributed by atoms with Crippen LogP contribution in [-0.2, 0) is 0 Å². The zero-order chi connectivity index (χ0) is 11.4. The van der Waals surface area contributed by atoms with Gasteiger partial charge in [-0.1, -0.05) is 25.7 Å². The number of anilines is 1. The third kappa shape index (κ3) is 2.94. The van der Waals surface area contributed by atoms with Crippen molar-refractivity contribution in [2.45, 2.75) is 44.6 Å². The van der Waals surface area contributed by atoms with E-state index in [0.29, 0.717) is 11.7 Å². The summed E-state index contributed by atoms with van der Waals surface area (Å²) < 4.78 is 26.4. The molecule has 0 bridgehead atoms. The fraction of sp³-hybridized carbons (Fsp3) is 0.538. The van der Waals surface area contributed by atoms with E-state index in [1.807, 2.05) is 0 Å². The molecule has 1 aromatic carbocycles. The lowest BCUT2D eigenvalue weighted by Gasteiger charge is -2.18. The number of nitrogens with one attached hydrogen (secondary N) is 1. The molecule has 1 N–H and O–H groups in total. The molecule has 1 aliphatic rings. The van der Waals surface area contributed by atoms with Gasteiger partial charge >= 0.3 is 0 Å². The fourth-order valence-electron chi connectivity index (χ4n) is 2.25. The molecule has 88 valence electrons. The lowest BCUT2D eigenvalue weighted by atomic mass is 10.1. The summed E-state index contributed by atoms with van der Waals surface area (Å²) in [5, 5.41) is 3.11. The lowest BCUT2D eigenvalue weighted by molar-refractivity contribution is 0.584. The highest BCUT2D eigenvalue weighted by Crippen LogP contribution is 2.23. The van der Waals surface area contributed by atoms with Crippen LogP contribution in [0.25, 0.3) is 0 Å². The quantitative estimate of drug-likeness (QED) is 0.747. The molecule has 0 heterocycles. The van der Waals surface area contributed by atoms with Gasteiger partial charge < -0.3 is 5.32 Å². The molecule has 0 radical (unpaired) electrons. The third-order valence-electron chi connectivity index (χ3n) is 3.14. The van der Waals surface area contributed by atoms with E-state index in [9.17, 15) is 8.78 Å². The molecule has 1 aromatic rings. The molecule has 1 aliphatic carbocycles. The smallest absolute Gasteiger partial charge is 0.146 e. The Balaban J connectivity index is 2.04. The number of hydrogen-bond donors (Lipinski definition) is 1. The van der Waals surface area contributed by atoms with Gasteiger partial charge in [-0.15, -0.1) is 0 Å². The van der Waals surface area contributed by atoms with Gasteiger partial charge in [0.25, 0.3) is 0 Å². The van der Waals surface area contributed by atoms with Crippen molar-refractivity contribution < 1.29 is 8.78 Å². The van der Waals surface area contributed by atoms with Crippen LogP contribution < -0.4 is 5.32 Å². The van der Waals surface area contributed by atoms with E-state index in [1.54, 1.807) is 0 Å². The van der Waals surface area contributed by atoms with Crippen LogP contribution in [-0.4, -0.2) is 6.04 Å². The normalized spacial score (nSPS) is 18.1. The Morgan fingerprint density at radius 1 is 1.00 bits per heavy atom. The zero-order valence-corrected chi connectivity index (χ0v) is 9.31. The molecular formula is C13H17F2N. The Morgan fingerprint density at radius 2 is 1.69 bits per heavy atom. The summed E-state index contributed by atoms with van der Waals surface area (Å²) in [7, 11) is 0. The Bertz CT molecular complexity index is 344. The van der Waals surface area contributed by atoms with Crippen LogP contribution in [0.15, 0.2) is 18.2 Å². The maximum atomic E-state index is 13.4. The minimum Gasteiger partial charge on any atom is -0.380 e. The first-order valence-electron chi connectivity index (χ1n) is 5.97. The topological polar surface area (TPSA) is 12.0 Å². The molecule has 1 nitrogen and oxygen atoms in total. The van der Waals surface area contributed by atoms with Gasteiger partial charge in [0.05, 0.1) is 5.69 Å². The summed E-state index contributed by atoms with van der Waals surface area (Å²) in [6.07, 6.45) is 6.96. The van der Waals surface area contributed by atoms with Gasteiger partial charge in [0.1, 0.15) is 11.6 Å². The van der Waals surface area contributed by atoms with Crippen LogP contribution in [0, 0.1) is 11.6 Å². The minimum absolute atomic E-state index is 0.291. The number of hydrogen-bond acceptors (Lipinski definition) is 1. The fourth-order valence-corrected chi connectivity index (χ4v) is 2.25. The Kier molecular flexibility index (Phi) is 3.75. The van der Waals surface area contributed by atoms with Crippen molar-refractivity contribution in [3.8, 4) is 0 Å². The van der Waals surface area contributed by atoms with Crippen LogP contribution >= 0.6 is 0 Å². The van der Waals surface area contributed by atoms with E-state index in [1.165, 1.54) is 37.8 Å². The molecule has 1 fully saturated rings. The Hall–Kier alpha value is -1.12. The van der Waals surface area contributed by atoms with Gasteiger partial charge in [-0.05, 0) is 31.0 Å². The molecule has 0 saturated heterocycles. The monoisotopic (exact) mass is 225 g/mol. The summed E-state index contributed by atoms with van der Waals surface area (Å²) >= 11 is 0. The zero-order valence-electron chi connectivity index (χ0n) is 9.31. The third-order valence-corrected chi connectivity index (χ3v) is 3.14. The number of rotatable bonds is 2. The van der Waals surface area contributed by atoms with Crippen molar-refractivity contribution in [3.05, 3.63) is 29.8 Å². The Morgan fingerprint density at radius 3 is 2.38 bits per heavy atom. The number of halogens is 2. The first-order chi connectivity index (χ1) is 7.75. The summed E-state index contributed by atoms with van der Waals surface area (Å²) in [6, 6.07) is 3.85. The molecule has 16 heavy (non-hydrogen) atoms. The largest absolute Gasteiger partial charge is 0.380 e. The molecule has 1 saturated carbocycles. The standard InChI is InChI=1S/C13H17F2N/c14-10-7-8-12(15)13(9-10)16-11-5-3-1-2-4-6-11/h7-9,11,16H,1-6H2. The molecule has 0 spiro atoms. The predicted octanol–water partition coefficient (Wildman–Crippen LogP) is 4.10. The average molecular weight is 225 g/mol. The molecular weight excluding hydrogens is 208 g/mol. The van der Waals surface area contributed by atoms with Crippen molar-refractivity contribution >= 4 is 5.69 Å². The van der Waals surface area contributed by atoms with Gasteiger partial charge in [0, 0.05) is 6.04 Å². The van der Waals surface area contributed by atoms with E-state index in [0.717, 1.165) is 18.9 Å². The van der Waals surface area contributed by atoms with Gasteiger partial charge in [-0.2, -0.15) is 0 Å². The van der Waals surface area contributed by atoms with E-state index >= 15 is 0 Å². The molecule has 3 heteroatoms. The summed E-state index contributed by atoms with van der Waals surface area (Å²) in [5.74, 6) is -0.761. The summed E-state index contributed by atoms with van der Waals surface area (Å²) in [5.41, 5.74) is 0.298. The molecule has 0 aliphatic heterocycles. The summed E-state index contributed by atoms with van der Waals surface area (Å²) in [6.45, 7) is 0. The SMILES string of the molecule is Fc1ccc(F)c(NC2CCCCCC2)c1. The average Bonchev–Trinajstić information content (AvgIpc) is 2.52. The van der Waals surface area contributed by atoms with E-state index in [4.69, 9.17) is 0 Å². The molecule has 2 rings (SSSR count). The van der Waals surface area contributed by atoms with Gasteiger partial charge in [-0.3, -0.25) is 0 Å². The van der Waals surface area contributed by atoms with Crippen molar-refractivity contribution in [2.24, 2.45) is 0 Å². The lowest BCUT2D eigenvalue weighted by Crippen LogP contribution is -2.19. The van der Waals surface area contributed by atoms with Crippen LogP contribution in [0.2, 0.25) is 0 Å². The van der Waals surface area contributed by atoms with Crippen molar-refractivity contribution in [2.75, 3.05) is 5.32 Å². The minimum atomic E-state index is -0.391. The van der Waals surface area contributed by atoms with Crippen LogP contribution in [0.3, 0.4) is 0 Å². The van der Waals surface area contributed by atoms with Crippen molar-refractivity contribution in [1.82, 2.24) is 0 Å².